The molecule has 1 fully saturated rings. The van der Waals surface area contributed by atoms with Crippen LogP contribution in [-0.4, -0.2) is 13.1 Å². The third-order valence-corrected chi connectivity index (χ3v) is 2.91. The first-order valence-electron chi connectivity index (χ1n) is 5.10. The lowest BCUT2D eigenvalue weighted by atomic mass is 9.82. The SMILES string of the molecule is N#CNCC1CCC(CNC#N)CC1. The second-order valence-corrected chi connectivity index (χ2v) is 3.87. The van der Waals surface area contributed by atoms with Crippen LogP contribution in [0, 0.1) is 34.7 Å². The number of hydrogen-bond acceptors (Lipinski definition) is 4. The smallest absolute Gasteiger partial charge is 0.176 e. The fourth-order valence-corrected chi connectivity index (χ4v) is 2.02. The van der Waals surface area contributed by atoms with Crippen LogP contribution in [0.4, 0.5) is 0 Å². The standard InChI is InChI=1S/C10H16N4/c11-7-13-5-9-1-2-10(4-3-9)6-14-8-12/h9-10,13-14H,1-6H2. The van der Waals surface area contributed by atoms with Gasteiger partial charge in [-0.3, -0.25) is 0 Å². The topological polar surface area (TPSA) is 71.6 Å². The molecule has 1 aliphatic rings. The van der Waals surface area contributed by atoms with E-state index in [1.165, 1.54) is 25.7 Å². The van der Waals surface area contributed by atoms with Gasteiger partial charge in [0.25, 0.3) is 0 Å². The van der Waals surface area contributed by atoms with Gasteiger partial charge in [0.2, 0.25) is 0 Å². The number of nitrogens with zero attached hydrogens (tertiary/aromatic N) is 2. The monoisotopic (exact) mass is 192 g/mol. The molecular weight excluding hydrogens is 176 g/mol. The first-order valence-corrected chi connectivity index (χ1v) is 5.10. The quantitative estimate of drug-likeness (QED) is 0.513. The molecule has 4 heteroatoms. The lowest BCUT2D eigenvalue weighted by molar-refractivity contribution is 0.273. The molecule has 0 aromatic rings. The van der Waals surface area contributed by atoms with Crippen molar-refractivity contribution in [2.75, 3.05) is 13.1 Å². The maximum Gasteiger partial charge on any atom is 0.176 e. The molecule has 0 saturated heterocycles. The van der Waals surface area contributed by atoms with Crippen LogP contribution in [0.5, 0.6) is 0 Å². The predicted molar refractivity (Wildman–Crippen MR) is 52.7 cm³/mol. The highest BCUT2D eigenvalue weighted by Crippen LogP contribution is 2.27. The summed E-state index contributed by atoms with van der Waals surface area (Å²) in [7, 11) is 0. The van der Waals surface area contributed by atoms with Crippen molar-refractivity contribution in [1.29, 1.82) is 10.5 Å². The fourth-order valence-electron chi connectivity index (χ4n) is 2.02. The van der Waals surface area contributed by atoms with E-state index in [-0.39, 0.29) is 0 Å². The average Bonchev–Trinajstić information content (AvgIpc) is 2.25. The van der Waals surface area contributed by atoms with E-state index >= 15 is 0 Å². The van der Waals surface area contributed by atoms with E-state index < -0.39 is 0 Å². The van der Waals surface area contributed by atoms with Gasteiger partial charge in [0.15, 0.2) is 12.4 Å². The molecule has 0 aromatic carbocycles. The van der Waals surface area contributed by atoms with Crippen molar-refractivity contribution in [3.63, 3.8) is 0 Å². The van der Waals surface area contributed by atoms with Crippen LogP contribution in [0.25, 0.3) is 0 Å². The van der Waals surface area contributed by atoms with Crippen LogP contribution in [-0.2, 0) is 0 Å². The van der Waals surface area contributed by atoms with E-state index in [0.717, 1.165) is 13.1 Å². The molecule has 0 atom stereocenters. The zero-order valence-electron chi connectivity index (χ0n) is 8.29. The van der Waals surface area contributed by atoms with E-state index in [0.29, 0.717) is 11.8 Å². The normalized spacial score (nSPS) is 25.9. The highest BCUT2D eigenvalue weighted by molar-refractivity contribution is 4.79. The summed E-state index contributed by atoms with van der Waals surface area (Å²) in [6, 6.07) is 0. The highest BCUT2D eigenvalue weighted by atomic mass is 14.9. The molecule has 4 nitrogen and oxygen atoms in total. The molecule has 0 aliphatic heterocycles. The van der Waals surface area contributed by atoms with Crippen molar-refractivity contribution in [1.82, 2.24) is 10.6 Å². The van der Waals surface area contributed by atoms with E-state index in [2.05, 4.69) is 10.6 Å². The van der Waals surface area contributed by atoms with Crippen LogP contribution >= 0.6 is 0 Å². The molecule has 1 rings (SSSR count). The summed E-state index contributed by atoms with van der Waals surface area (Å²) in [6.45, 7) is 1.63. The van der Waals surface area contributed by atoms with Gasteiger partial charge >= 0.3 is 0 Å². The van der Waals surface area contributed by atoms with Crippen molar-refractivity contribution in [2.24, 2.45) is 11.8 Å². The number of hydrogen-bond donors (Lipinski definition) is 2. The number of nitriles is 2. The zero-order chi connectivity index (χ0) is 10.2. The van der Waals surface area contributed by atoms with E-state index in [1.807, 2.05) is 12.4 Å². The van der Waals surface area contributed by atoms with Gasteiger partial charge in [0.05, 0.1) is 0 Å². The Morgan fingerprint density at radius 2 is 1.21 bits per heavy atom. The number of nitrogens with one attached hydrogen (secondary N) is 2. The molecule has 2 N–H and O–H groups in total. The van der Waals surface area contributed by atoms with Gasteiger partial charge in [0, 0.05) is 13.1 Å². The Morgan fingerprint density at radius 3 is 1.50 bits per heavy atom. The van der Waals surface area contributed by atoms with Gasteiger partial charge in [0.1, 0.15) is 0 Å². The summed E-state index contributed by atoms with van der Waals surface area (Å²) in [5, 5.41) is 22.1. The van der Waals surface area contributed by atoms with Crippen molar-refractivity contribution < 1.29 is 0 Å². The Bertz CT molecular complexity index is 203. The van der Waals surface area contributed by atoms with Crippen molar-refractivity contribution in [3.8, 4) is 12.4 Å². The third-order valence-electron chi connectivity index (χ3n) is 2.91. The second-order valence-electron chi connectivity index (χ2n) is 3.87. The van der Waals surface area contributed by atoms with E-state index in [4.69, 9.17) is 10.5 Å². The molecule has 0 heterocycles. The van der Waals surface area contributed by atoms with E-state index in [9.17, 15) is 0 Å². The predicted octanol–water partition coefficient (Wildman–Crippen LogP) is 0.934. The molecular formula is C10H16N4. The van der Waals surface area contributed by atoms with Gasteiger partial charge in [-0.25, -0.2) is 0 Å². The lowest BCUT2D eigenvalue weighted by Gasteiger charge is -2.27. The minimum atomic E-state index is 0.646. The summed E-state index contributed by atoms with van der Waals surface area (Å²) in [5.74, 6) is 1.29. The van der Waals surface area contributed by atoms with E-state index in [1.54, 1.807) is 0 Å². The molecule has 0 radical (unpaired) electrons. The minimum Gasteiger partial charge on any atom is -0.324 e. The summed E-state index contributed by atoms with van der Waals surface area (Å²) < 4.78 is 0. The maximum atomic E-state index is 8.36. The van der Waals surface area contributed by atoms with Gasteiger partial charge < -0.3 is 10.6 Å². The van der Waals surface area contributed by atoms with Crippen LogP contribution in [0.15, 0.2) is 0 Å². The van der Waals surface area contributed by atoms with Crippen molar-refractivity contribution >= 4 is 0 Å². The summed E-state index contributed by atoms with van der Waals surface area (Å²) in [5.41, 5.74) is 0. The maximum absolute atomic E-state index is 8.36. The van der Waals surface area contributed by atoms with Gasteiger partial charge in [-0.2, -0.15) is 10.5 Å². The Hall–Kier alpha value is -1.42. The summed E-state index contributed by atoms with van der Waals surface area (Å²) in [6.07, 6.45) is 8.60. The zero-order valence-corrected chi connectivity index (χ0v) is 8.29. The molecule has 0 unspecified atom stereocenters. The summed E-state index contributed by atoms with van der Waals surface area (Å²) in [4.78, 5) is 0. The van der Waals surface area contributed by atoms with Crippen LogP contribution in [0.1, 0.15) is 25.7 Å². The molecule has 1 aliphatic carbocycles. The first kappa shape index (κ1) is 10.7. The number of rotatable bonds is 4. The molecule has 14 heavy (non-hydrogen) atoms. The lowest BCUT2D eigenvalue weighted by Crippen LogP contribution is -2.27. The van der Waals surface area contributed by atoms with Gasteiger partial charge in [-0.1, -0.05) is 0 Å². The first-order chi connectivity index (χ1) is 6.86. The van der Waals surface area contributed by atoms with Gasteiger partial charge in [-0.15, -0.1) is 0 Å². The summed E-state index contributed by atoms with van der Waals surface area (Å²) >= 11 is 0. The molecule has 0 spiro atoms. The molecule has 76 valence electrons. The highest BCUT2D eigenvalue weighted by Gasteiger charge is 2.20. The molecule has 0 amide bonds. The van der Waals surface area contributed by atoms with Crippen LogP contribution in [0.3, 0.4) is 0 Å². The second kappa shape index (κ2) is 6.10. The van der Waals surface area contributed by atoms with Crippen molar-refractivity contribution in [2.45, 2.75) is 25.7 Å². The van der Waals surface area contributed by atoms with Crippen molar-refractivity contribution in [3.05, 3.63) is 0 Å². The molecule has 0 aromatic heterocycles. The Kier molecular flexibility index (Phi) is 4.64. The Balaban J connectivity index is 2.12. The average molecular weight is 192 g/mol. The minimum absolute atomic E-state index is 0.646. The molecule has 0 bridgehead atoms. The van der Waals surface area contributed by atoms with Gasteiger partial charge in [-0.05, 0) is 37.5 Å². The Morgan fingerprint density at radius 1 is 0.857 bits per heavy atom. The van der Waals surface area contributed by atoms with Crippen LogP contribution < -0.4 is 10.6 Å². The van der Waals surface area contributed by atoms with Crippen LogP contribution in [0.2, 0.25) is 0 Å². The third kappa shape index (κ3) is 3.53. The largest absolute Gasteiger partial charge is 0.324 e. The molecule has 1 saturated carbocycles. The Labute approximate surface area is 84.9 Å². The fraction of sp³-hybridized carbons (Fsp3) is 0.800.